The van der Waals surface area contributed by atoms with E-state index in [0.717, 1.165) is 77.0 Å². The van der Waals surface area contributed by atoms with Gasteiger partial charge in [-0.05, 0) is 64.2 Å². The first-order valence-corrected chi connectivity index (χ1v) is 39.7. The van der Waals surface area contributed by atoms with Crippen LogP contribution < -0.4 is 5.32 Å². The van der Waals surface area contributed by atoms with Gasteiger partial charge in [0.15, 0.2) is 18.9 Å². The van der Waals surface area contributed by atoms with Crippen molar-refractivity contribution in [2.24, 2.45) is 0 Å². The number of aliphatic hydroxyl groups excluding tert-OH is 11. The van der Waals surface area contributed by atoms with Crippen LogP contribution in [0.3, 0.4) is 0 Å². The molecule has 0 aromatic carbocycles. The Hall–Kier alpha value is -2.77. The monoisotopic (exact) mass is 1410 g/mol. The molecule has 17 atom stereocenters. The van der Waals surface area contributed by atoms with Gasteiger partial charge >= 0.3 is 0 Å². The minimum atomic E-state index is -1.98. The molecule has 3 fully saturated rings. The number of allylic oxidation sites excluding steroid dienone is 11. The molecule has 3 rings (SSSR count). The molecule has 19 heteroatoms. The van der Waals surface area contributed by atoms with Gasteiger partial charge in [-0.1, -0.05) is 299 Å². The zero-order valence-corrected chi connectivity index (χ0v) is 61.5. The number of hydrogen-bond acceptors (Lipinski definition) is 18. The Kier molecular flexibility index (Phi) is 55.3. The minimum absolute atomic E-state index is 0.241. The molecule has 3 heterocycles. The van der Waals surface area contributed by atoms with Gasteiger partial charge in [0.2, 0.25) is 5.91 Å². The van der Waals surface area contributed by atoms with Crippen LogP contribution in [0.15, 0.2) is 72.9 Å². The number of carbonyl (C=O) groups excluding carboxylic acids is 1. The first-order valence-electron chi connectivity index (χ1n) is 39.7. The maximum Gasteiger partial charge on any atom is 0.220 e. The van der Waals surface area contributed by atoms with Crippen LogP contribution in [0.1, 0.15) is 296 Å². The van der Waals surface area contributed by atoms with E-state index in [2.05, 4.69) is 79.9 Å². The van der Waals surface area contributed by atoms with E-state index in [9.17, 15) is 61.0 Å². The fraction of sp³-hybridized carbons (Fsp3) is 0.838. The predicted molar refractivity (Wildman–Crippen MR) is 392 cm³/mol. The van der Waals surface area contributed by atoms with Gasteiger partial charge in [0.1, 0.15) is 73.2 Å². The summed E-state index contributed by atoms with van der Waals surface area (Å²) in [5.41, 5.74) is 0. The van der Waals surface area contributed by atoms with Gasteiger partial charge < -0.3 is 89.9 Å². The van der Waals surface area contributed by atoms with Gasteiger partial charge in [0, 0.05) is 6.42 Å². The SMILES string of the molecule is CC/C=C\C/C=C\C/C=C\C/C=C\C/C=C\CCCCCCCCCCCCCCCCCC(=O)NC(COC1OC(CO)C(OC2OC(CO)C(OC3OC(CO)C(O)C(O)C3O)C(O)C2O)C(O)C1O)C(O)/C=C/CCCCCCCCCCCCCCCCCCCCCCC. The number of rotatable bonds is 62. The van der Waals surface area contributed by atoms with Crippen molar-refractivity contribution in [2.75, 3.05) is 26.4 Å². The van der Waals surface area contributed by atoms with Crippen LogP contribution in [0.4, 0.5) is 0 Å². The first-order chi connectivity index (χ1) is 48.3. The Balaban J connectivity index is 1.38. The topological polar surface area (TPSA) is 307 Å². The maximum atomic E-state index is 13.5. The Morgan fingerprint density at radius 2 is 0.697 bits per heavy atom. The highest BCUT2D eigenvalue weighted by Gasteiger charge is 2.53. The lowest BCUT2D eigenvalue weighted by molar-refractivity contribution is -0.379. The summed E-state index contributed by atoms with van der Waals surface area (Å²) in [5, 5.41) is 121. The lowest BCUT2D eigenvalue weighted by Crippen LogP contribution is -2.66. The summed E-state index contributed by atoms with van der Waals surface area (Å²) in [6, 6.07) is -0.977. The fourth-order valence-electron chi connectivity index (χ4n) is 13.2. The molecule has 3 aliphatic heterocycles. The summed E-state index contributed by atoms with van der Waals surface area (Å²) in [4.78, 5) is 13.5. The van der Waals surface area contributed by atoms with Crippen molar-refractivity contribution in [3.05, 3.63) is 72.9 Å². The first kappa shape index (κ1) is 90.4. The molecule has 3 aliphatic rings. The van der Waals surface area contributed by atoms with Gasteiger partial charge in [-0.2, -0.15) is 0 Å². The molecule has 3 saturated heterocycles. The molecule has 1 amide bonds. The molecule has 19 nitrogen and oxygen atoms in total. The van der Waals surface area contributed by atoms with Crippen LogP contribution in [0, 0.1) is 0 Å². The van der Waals surface area contributed by atoms with Crippen LogP contribution in [0.25, 0.3) is 0 Å². The van der Waals surface area contributed by atoms with Crippen LogP contribution in [-0.2, 0) is 33.2 Å². The quantitative estimate of drug-likeness (QED) is 0.0199. The van der Waals surface area contributed by atoms with Crippen molar-refractivity contribution in [1.29, 1.82) is 0 Å². The van der Waals surface area contributed by atoms with E-state index in [1.54, 1.807) is 6.08 Å². The average Bonchev–Trinajstić information content (AvgIpc) is 0.577. The number of carbonyl (C=O) groups is 1. The zero-order chi connectivity index (χ0) is 71.8. The molecule has 99 heavy (non-hydrogen) atoms. The zero-order valence-electron chi connectivity index (χ0n) is 61.5. The van der Waals surface area contributed by atoms with Crippen molar-refractivity contribution in [3.63, 3.8) is 0 Å². The molecule has 0 saturated carbocycles. The smallest absolute Gasteiger partial charge is 0.220 e. The number of hydrogen-bond donors (Lipinski definition) is 12. The molecule has 576 valence electrons. The number of amides is 1. The van der Waals surface area contributed by atoms with Gasteiger partial charge in [0.05, 0.1) is 38.6 Å². The predicted octanol–water partition coefficient (Wildman–Crippen LogP) is 12.8. The van der Waals surface area contributed by atoms with Crippen LogP contribution >= 0.6 is 0 Å². The summed E-state index contributed by atoms with van der Waals surface area (Å²) in [6.07, 6.45) is 51.6. The Labute approximate surface area is 598 Å². The standard InChI is InChI=1S/C80H143NO18/c1-3-5-7-9-11-13-15-17-19-21-23-25-27-28-29-30-31-32-33-34-36-38-40-42-44-46-48-50-52-54-56-58-68(86)81-63(64(85)57-55-53-51-49-47-45-43-41-39-37-35-26-24-22-20-18-16-14-12-10-8-6-4-2)62-94-78-74(92)71(89)76(66(60-83)96-78)99-80-75(93)72(90)77(67(61-84)97-80)98-79-73(91)70(88)69(87)65(59-82)95-79/h5,7,11,13,17,19,23,25,28-29,55,57,63-67,69-80,82-85,87-93H,3-4,6,8-10,12,14-16,18,20-22,24,26-27,30-54,56,58-62H2,1-2H3,(H,81,86)/b7-5-,13-11-,19-17-,25-23-,29-28-,57-55+. The number of unbranched alkanes of at least 4 members (excludes halogenated alkanes) is 36. The lowest BCUT2D eigenvalue weighted by Gasteiger charge is -2.48. The van der Waals surface area contributed by atoms with E-state index < -0.39 is 124 Å². The van der Waals surface area contributed by atoms with Crippen LogP contribution in [0.2, 0.25) is 0 Å². The highest BCUT2D eigenvalue weighted by atomic mass is 16.8. The van der Waals surface area contributed by atoms with Crippen LogP contribution in [-0.4, -0.2) is 193 Å². The molecule has 0 aromatic rings. The fourth-order valence-corrected chi connectivity index (χ4v) is 13.2. The summed E-state index contributed by atoms with van der Waals surface area (Å²) in [5.74, 6) is -0.274. The third-order valence-corrected chi connectivity index (χ3v) is 19.5. The Morgan fingerprint density at radius 1 is 0.374 bits per heavy atom. The molecule has 0 radical (unpaired) electrons. The highest BCUT2D eigenvalue weighted by molar-refractivity contribution is 5.76. The Bertz CT molecular complexity index is 2070. The molecule has 17 unspecified atom stereocenters. The average molecular weight is 1410 g/mol. The second kappa shape index (κ2) is 60.5. The van der Waals surface area contributed by atoms with Gasteiger partial charge in [-0.15, -0.1) is 0 Å². The summed E-state index contributed by atoms with van der Waals surface area (Å²) in [7, 11) is 0. The Morgan fingerprint density at radius 3 is 1.09 bits per heavy atom. The molecule has 0 aliphatic carbocycles. The number of aliphatic hydroxyl groups is 11. The second-order valence-electron chi connectivity index (χ2n) is 28.1. The molecule has 0 spiro atoms. The maximum absolute atomic E-state index is 13.5. The normalized spacial score (nSPS) is 27.0. The third kappa shape index (κ3) is 40.9. The molecular weight excluding hydrogens is 1260 g/mol. The van der Waals surface area contributed by atoms with Crippen molar-refractivity contribution < 1.29 is 89.4 Å². The van der Waals surface area contributed by atoms with E-state index in [1.807, 2.05) is 6.08 Å². The van der Waals surface area contributed by atoms with E-state index in [0.29, 0.717) is 6.42 Å². The minimum Gasteiger partial charge on any atom is -0.394 e. The lowest BCUT2D eigenvalue weighted by atomic mass is 9.96. The second-order valence-corrected chi connectivity index (χ2v) is 28.1. The van der Waals surface area contributed by atoms with Gasteiger partial charge in [0.25, 0.3) is 0 Å². The summed E-state index contributed by atoms with van der Waals surface area (Å²) in [6.45, 7) is 1.66. The molecule has 0 aromatic heterocycles. The molecule has 12 N–H and O–H groups in total. The van der Waals surface area contributed by atoms with E-state index in [1.165, 1.54) is 193 Å². The largest absolute Gasteiger partial charge is 0.394 e. The van der Waals surface area contributed by atoms with E-state index >= 15 is 0 Å². The number of ether oxygens (including phenoxy) is 6. The highest BCUT2D eigenvalue weighted by Crippen LogP contribution is 2.33. The van der Waals surface area contributed by atoms with Crippen molar-refractivity contribution in [2.45, 2.75) is 401 Å². The molecule has 0 bridgehead atoms. The van der Waals surface area contributed by atoms with Gasteiger partial charge in [-0.3, -0.25) is 4.79 Å². The van der Waals surface area contributed by atoms with Gasteiger partial charge in [-0.25, -0.2) is 0 Å². The van der Waals surface area contributed by atoms with Crippen molar-refractivity contribution >= 4 is 5.91 Å². The number of nitrogens with one attached hydrogen (secondary N) is 1. The summed E-state index contributed by atoms with van der Waals surface area (Å²) < 4.78 is 34.5. The van der Waals surface area contributed by atoms with E-state index in [-0.39, 0.29) is 18.9 Å². The summed E-state index contributed by atoms with van der Waals surface area (Å²) >= 11 is 0. The van der Waals surface area contributed by atoms with Crippen molar-refractivity contribution in [3.8, 4) is 0 Å². The molecular formula is C80H143NO18. The van der Waals surface area contributed by atoms with Crippen LogP contribution in [0.5, 0.6) is 0 Å². The third-order valence-electron chi connectivity index (χ3n) is 19.5. The van der Waals surface area contributed by atoms with Crippen molar-refractivity contribution in [1.82, 2.24) is 5.32 Å². The van der Waals surface area contributed by atoms with E-state index in [4.69, 9.17) is 28.4 Å².